The smallest absolute Gasteiger partial charge is 0.250 e. The van der Waals surface area contributed by atoms with E-state index in [1.165, 1.54) is 10.4 Å². The maximum atomic E-state index is 13.1. The monoisotopic (exact) mass is 357 g/mol. The Morgan fingerprint density at radius 2 is 2.00 bits per heavy atom. The predicted octanol–water partition coefficient (Wildman–Crippen LogP) is 3.25. The minimum absolute atomic E-state index is 0.0796. The fraction of sp³-hybridized carbons (Fsp3) is 0.368. The van der Waals surface area contributed by atoms with Gasteiger partial charge in [-0.25, -0.2) is 0 Å². The third-order valence-corrected chi connectivity index (χ3v) is 5.55. The van der Waals surface area contributed by atoms with Gasteiger partial charge in [-0.15, -0.1) is 11.3 Å². The van der Waals surface area contributed by atoms with Crippen molar-refractivity contribution in [1.82, 2.24) is 4.90 Å². The first-order valence-electron chi connectivity index (χ1n) is 8.26. The highest BCUT2D eigenvalue weighted by atomic mass is 32.1. The number of carbonyl (C=O) groups is 2. The molecule has 1 aromatic heterocycles. The molecule has 3 rings (SSSR count). The first-order chi connectivity index (χ1) is 11.8. The number of hydrogen-bond acceptors (Lipinski definition) is 4. The quantitative estimate of drug-likeness (QED) is 0.914. The number of benzene rings is 1. The summed E-state index contributed by atoms with van der Waals surface area (Å²) < 4.78 is 0. The average Bonchev–Trinajstić information content (AvgIpc) is 2.93. The van der Waals surface area contributed by atoms with Gasteiger partial charge >= 0.3 is 0 Å². The molecule has 1 N–H and O–H groups in total. The number of thiophene rings is 1. The van der Waals surface area contributed by atoms with E-state index in [2.05, 4.69) is 23.7 Å². The van der Waals surface area contributed by atoms with Crippen molar-refractivity contribution in [1.29, 1.82) is 0 Å². The highest BCUT2D eigenvalue weighted by molar-refractivity contribution is 7.10. The maximum absolute atomic E-state index is 13.1. The van der Waals surface area contributed by atoms with Crippen LogP contribution >= 0.6 is 11.3 Å². The van der Waals surface area contributed by atoms with Crippen LogP contribution in [0, 0.1) is 6.92 Å². The Morgan fingerprint density at radius 3 is 2.68 bits per heavy atom. The highest BCUT2D eigenvalue weighted by Gasteiger charge is 2.43. The zero-order chi connectivity index (χ0) is 18.2. The molecule has 6 heteroatoms. The zero-order valence-electron chi connectivity index (χ0n) is 15.0. The van der Waals surface area contributed by atoms with Crippen LogP contribution in [0.4, 0.5) is 11.4 Å². The molecule has 2 heterocycles. The fourth-order valence-corrected chi connectivity index (χ4v) is 4.05. The van der Waals surface area contributed by atoms with E-state index < -0.39 is 5.54 Å². The second-order valence-electron chi connectivity index (χ2n) is 6.96. The number of hydrogen-bond donors (Lipinski definition) is 1. The minimum atomic E-state index is -0.925. The fourth-order valence-electron chi connectivity index (χ4n) is 3.07. The molecule has 1 aliphatic rings. The van der Waals surface area contributed by atoms with Gasteiger partial charge in [-0.2, -0.15) is 0 Å². The predicted molar refractivity (Wildman–Crippen MR) is 102 cm³/mol. The van der Waals surface area contributed by atoms with E-state index in [-0.39, 0.29) is 18.4 Å². The summed E-state index contributed by atoms with van der Waals surface area (Å²) in [4.78, 5) is 30.4. The third kappa shape index (κ3) is 3.32. The van der Waals surface area contributed by atoms with E-state index in [4.69, 9.17) is 0 Å². The summed E-state index contributed by atoms with van der Waals surface area (Å²) in [6, 6.07) is 9.51. The Balaban J connectivity index is 1.82. The van der Waals surface area contributed by atoms with Gasteiger partial charge in [-0.3, -0.25) is 19.4 Å². The summed E-state index contributed by atoms with van der Waals surface area (Å²) in [6.45, 7) is 6.61. The molecule has 0 unspecified atom stereocenters. The molecule has 0 aliphatic carbocycles. The molecular formula is C19H23N3O2S. The molecule has 1 aromatic carbocycles. The van der Waals surface area contributed by atoms with Crippen LogP contribution in [0.15, 0.2) is 35.7 Å². The Labute approximate surface area is 152 Å². The van der Waals surface area contributed by atoms with Crippen LogP contribution < -0.4 is 10.2 Å². The number of nitrogens with zero attached hydrogens (tertiary/aromatic N) is 2. The number of fused-ring (bicyclic) bond motifs is 1. The second kappa shape index (κ2) is 6.61. The van der Waals surface area contributed by atoms with Crippen molar-refractivity contribution in [2.24, 2.45) is 0 Å². The lowest BCUT2D eigenvalue weighted by Gasteiger charge is -2.42. The standard InChI is InChI=1S/C19H23N3O2S/c1-13-9-10-25-16(13)11-21(4)12-17(23)22-15-8-6-5-7-14(15)20-18(24)19(22,2)3/h5-10H,11-12H2,1-4H3,(H,20,24). The van der Waals surface area contributed by atoms with E-state index in [1.54, 1.807) is 30.1 Å². The maximum Gasteiger partial charge on any atom is 0.250 e. The number of para-hydroxylation sites is 2. The lowest BCUT2D eigenvalue weighted by Crippen LogP contribution is -2.60. The molecule has 2 aromatic rings. The largest absolute Gasteiger partial charge is 0.322 e. The van der Waals surface area contributed by atoms with Crippen molar-refractivity contribution in [3.05, 3.63) is 46.2 Å². The second-order valence-corrected chi connectivity index (χ2v) is 7.96. The molecule has 0 bridgehead atoms. The molecule has 0 spiro atoms. The van der Waals surface area contributed by atoms with Crippen LogP contribution in [0.3, 0.4) is 0 Å². The molecule has 132 valence electrons. The molecule has 0 saturated carbocycles. The van der Waals surface area contributed by atoms with Gasteiger partial charge in [0.15, 0.2) is 0 Å². The normalized spacial score (nSPS) is 15.9. The summed E-state index contributed by atoms with van der Waals surface area (Å²) in [5, 5.41) is 4.95. The van der Waals surface area contributed by atoms with E-state index >= 15 is 0 Å². The number of anilines is 2. The van der Waals surface area contributed by atoms with Gasteiger partial charge in [0.25, 0.3) is 0 Å². The van der Waals surface area contributed by atoms with Crippen LogP contribution in [0.2, 0.25) is 0 Å². The number of amides is 2. The summed E-state index contributed by atoms with van der Waals surface area (Å²) in [5.41, 5.74) is 1.74. The number of aryl methyl sites for hydroxylation is 1. The van der Waals surface area contributed by atoms with E-state index in [9.17, 15) is 9.59 Å². The van der Waals surface area contributed by atoms with Gasteiger partial charge in [0.2, 0.25) is 11.8 Å². The van der Waals surface area contributed by atoms with Crippen molar-refractivity contribution in [2.45, 2.75) is 32.9 Å². The van der Waals surface area contributed by atoms with Crippen LogP contribution in [0.25, 0.3) is 0 Å². The number of nitrogens with one attached hydrogen (secondary N) is 1. The first-order valence-corrected chi connectivity index (χ1v) is 9.13. The van der Waals surface area contributed by atoms with Crippen LogP contribution in [-0.4, -0.2) is 35.8 Å². The summed E-state index contributed by atoms with van der Waals surface area (Å²) >= 11 is 1.70. The lowest BCUT2D eigenvalue weighted by molar-refractivity contribution is -0.127. The van der Waals surface area contributed by atoms with Crippen molar-refractivity contribution in [2.75, 3.05) is 23.8 Å². The summed E-state index contributed by atoms with van der Waals surface area (Å²) in [5.74, 6) is -0.250. The Bertz CT molecular complexity index is 813. The lowest BCUT2D eigenvalue weighted by atomic mass is 9.96. The highest BCUT2D eigenvalue weighted by Crippen LogP contribution is 2.36. The van der Waals surface area contributed by atoms with Crippen molar-refractivity contribution >= 4 is 34.5 Å². The molecule has 0 atom stereocenters. The number of carbonyl (C=O) groups excluding carboxylic acids is 2. The van der Waals surface area contributed by atoms with E-state index in [1.807, 2.05) is 36.2 Å². The molecule has 2 amide bonds. The van der Waals surface area contributed by atoms with Crippen LogP contribution in [-0.2, 0) is 16.1 Å². The van der Waals surface area contributed by atoms with Gasteiger partial charge in [0.05, 0.1) is 17.9 Å². The van der Waals surface area contributed by atoms with Gasteiger partial charge < -0.3 is 5.32 Å². The SMILES string of the molecule is Cc1ccsc1CN(C)CC(=O)N1c2ccccc2NC(=O)C1(C)C. The Morgan fingerprint density at radius 1 is 1.28 bits per heavy atom. The van der Waals surface area contributed by atoms with Crippen LogP contribution in [0.5, 0.6) is 0 Å². The summed E-state index contributed by atoms with van der Waals surface area (Å²) in [7, 11) is 1.93. The Kier molecular flexibility index (Phi) is 4.67. The summed E-state index contributed by atoms with van der Waals surface area (Å²) in [6.07, 6.45) is 0. The van der Waals surface area contributed by atoms with Crippen molar-refractivity contribution in [3.63, 3.8) is 0 Å². The molecule has 0 radical (unpaired) electrons. The van der Waals surface area contributed by atoms with Crippen molar-refractivity contribution in [3.8, 4) is 0 Å². The minimum Gasteiger partial charge on any atom is -0.322 e. The molecule has 0 fully saturated rings. The van der Waals surface area contributed by atoms with Gasteiger partial charge in [0.1, 0.15) is 5.54 Å². The molecule has 0 saturated heterocycles. The van der Waals surface area contributed by atoms with Gasteiger partial charge in [-0.1, -0.05) is 12.1 Å². The van der Waals surface area contributed by atoms with Crippen molar-refractivity contribution < 1.29 is 9.59 Å². The van der Waals surface area contributed by atoms with E-state index in [0.29, 0.717) is 5.69 Å². The number of likely N-dealkylation sites (N-methyl/N-ethyl adjacent to an activating group) is 1. The molecular weight excluding hydrogens is 334 g/mol. The molecule has 5 nitrogen and oxygen atoms in total. The van der Waals surface area contributed by atoms with Crippen LogP contribution in [0.1, 0.15) is 24.3 Å². The number of rotatable bonds is 4. The first kappa shape index (κ1) is 17.6. The van der Waals surface area contributed by atoms with E-state index in [0.717, 1.165) is 12.2 Å². The average molecular weight is 357 g/mol. The zero-order valence-corrected chi connectivity index (χ0v) is 15.8. The Hall–Kier alpha value is -2.18. The molecule has 1 aliphatic heterocycles. The third-order valence-electron chi connectivity index (χ3n) is 4.54. The van der Waals surface area contributed by atoms with Gasteiger partial charge in [-0.05, 0) is 57.0 Å². The topological polar surface area (TPSA) is 52.7 Å². The van der Waals surface area contributed by atoms with Gasteiger partial charge in [0, 0.05) is 11.4 Å². The molecule has 25 heavy (non-hydrogen) atoms.